The molecule has 2 aromatic heterocycles. The summed E-state index contributed by atoms with van der Waals surface area (Å²) in [6.45, 7) is 5.54. The fourth-order valence-electron chi connectivity index (χ4n) is 4.07. The third-order valence-electron chi connectivity index (χ3n) is 5.96. The normalized spacial score (nSPS) is 13.7. The van der Waals surface area contributed by atoms with Gasteiger partial charge < -0.3 is 10.1 Å². The summed E-state index contributed by atoms with van der Waals surface area (Å²) in [6.07, 6.45) is 1.74. The van der Waals surface area contributed by atoms with E-state index in [1.54, 1.807) is 24.5 Å². The molecule has 0 radical (unpaired) electrons. The standard InChI is InChI=1S/C27H24N4O3S/c1-16-8-4-5-9-20(16)29-26(33)17(2)31-22-14-19(11-12-23(22)34-15-24(31)32)25-18(3)35-27(30-25)21-10-6-7-13-28-21/h4-14,17H,15H2,1-3H3,(H,29,33). The first-order valence-corrected chi connectivity index (χ1v) is 12.1. The molecule has 176 valence electrons. The predicted octanol–water partition coefficient (Wildman–Crippen LogP) is 5.24. The first-order valence-electron chi connectivity index (χ1n) is 11.3. The molecule has 1 unspecified atom stereocenters. The molecule has 1 atom stereocenters. The molecule has 1 N–H and O–H groups in total. The van der Waals surface area contributed by atoms with Crippen LogP contribution in [0.5, 0.6) is 5.75 Å². The molecule has 0 aliphatic carbocycles. The van der Waals surface area contributed by atoms with E-state index in [1.165, 1.54) is 4.90 Å². The summed E-state index contributed by atoms with van der Waals surface area (Å²) in [5.41, 5.74) is 4.69. The van der Waals surface area contributed by atoms with Crippen molar-refractivity contribution in [2.45, 2.75) is 26.8 Å². The summed E-state index contributed by atoms with van der Waals surface area (Å²) >= 11 is 1.57. The average Bonchev–Trinajstić information content (AvgIpc) is 3.26. The van der Waals surface area contributed by atoms with E-state index in [4.69, 9.17) is 9.72 Å². The molecule has 0 bridgehead atoms. The number of carbonyl (C=O) groups excluding carboxylic acids is 2. The molecule has 8 heteroatoms. The summed E-state index contributed by atoms with van der Waals surface area (Å²) in [5, 5.41) is 3.77. The Hall–Kier alpha value is -4.04. The maximum absolute atomic E-state index is 13.1. The Balaban J connectivity index is 1.48. The minimum atomic E-state index is -0.736. The molecule has 0 saturated heterocycles. The number of para-hydroxylation sites is 1. The van der Waals surface area contributed by atoms with Crippen LogP contribution < -0.4 is 15.0 Å². The largest absolute Gasteiger partial charge is 0.482 e. The molecule has 2 amide bonds. The number of nitrogens with one attached hydrogen (secondary N) is 1. The Morgan fingerprint density at radius 2 is 1.91 bits per heavy atom. The summed E-state index contributed by atoms with van der Waals surface area (Å²) in [6, 6.07) is 18.2. The van der Waals surface area contributed by atoms with Crippen LogP contribution in [0.4, 0.5) is 11.4 Å². The zero-order valence-electron chi connectivity index (χ0n) is 19.6. The lowest BCUT2D eigenvalue weighted by Crippen LogP contribution is -2.49. The Labute approximate surface area is 207 Å². The number of aryl methyl sites for hydroxylation is 2. The quantitative estimate of drug-likeness (QED) is 0.419. The number of ether oxygens (including phenoxy) is 1. The van der Waals surface area contributed by atoms with Gasteiger partial charge in [-0.1, -0.05) is 24.3 Å². The Kier molecular flexibility index (Phi) is 6.05. The summed E-state index contributed by atoms with van der Waals surface area (Å²) in [7, 11) is 0. The third-order valence-corrected chi connectivity index (χ3v) is 6.96. The van der Waals surface area contributed by atoms with Crippen molar-refractivity contribution in [2.75, 3.05) is 16.8 Å². The van der Waals surface area contributed by atoms with Gasteiger partial charge in [0.25, 0.3) is 5.91 Å². The van der Waals surface area contributed by atoms with Crippen molar-refractivity contribution >= 4 is 34.5 Å². The molecular weight excluding hydrogens is 460 g/mol. The Morgan fingerprint density at radius 3 is 2.69 bits per heavy atom. The molecule has 0 saturated carbocycles. The maximum Gasteiger partial charge on any atom is 0.265 e. The SMILES string of the molecule is Cc1ccccc1NC(=O)C(C)N1C(=O)COc2ccc(-c3nc(-c4ccccn4)sc3C)cc21. The van der Waals surface area contributed by atoms with Crippen LogP contribution in [0.2, 0.25) is 0 Å². The van der Waals surface area contributed by atoms with Gasteiger partial charge in [0.05, 0.1) is 17.1 Å². The highest BCUT2D eigenvalue weighted by atomic mass is 32.1. The third kappa shape index (κ3) is 4.40. The minimum absolute atomic E-state index is 0.117. The van der Waals surface area contributed by atoms with Gasteiger partial charge in [0, 0.05) is 22.3 Å². The van der Waals surface area contributed by atoms with E-state index in [9.17, 15) is 9.59 Å². The number of hydrogen-bond acceptors (Lipinski definition) is 6. The number of thiazole rings is 1. The number of anilines is 2. The lowest BCUT2D eigenvalue weighted by Gasteiger charge is -2.33. The predicted molar refractivity (Wildman–Crippen MR) is 138 cm³/mol. The van der Waals surface area contributed by atoms with Crippen LogP contribution in [-0.2, 0) is 9.59 Å². The summed E-state index contributed by atoms with van der Waals surface area (Å²) in [4.78, 5) is 37.8. The first kappa shape index (κ1) is 22.7. The highest BCUT2D eigenvalue weighted by Gasteiger charge is 2.34. The number of amides is 2. The van der Waals surface area contributed by atoms with Crippen LogP contribution in [0.25, 0.3) is 22.0 Å². The number of carbonyl (C=O) groups is 2. The van der Waals surface area contributed by atoms with Crippen molar-refractivity contribution in [3.05, 3.63) is 77.3 Å². The molecular formula is C27H24N4O3S. The van der Waals surface area contributed by atoms with Gasteiger partial charge in [-0.3, -0.25) is 19.5 Å². The van der Waals surface area contributed by atoms with Crippen molar-refractivity contribution in [2.24, 2.45) is 0 Å². The molecule has 7 nitrogen and oxygen atoms in total. The molecule has 4 aromatic rings. The van der Waals surface area contributed by atoms with Crippen LogP contribution in [0.3, 0.4) is 0 Å². The number of fused-ring (bicyclic) bond motifs is 1. The monoisotopic (exact) mass is 484 g/mol. The minimum Gasteiger partial charge on any atom is -0.482 e. The smallest absolute Gasteiger partial charge is 0.265 e. The van der Waals surface area contributed by atoms with Gasteiger partial charge in [-0.2, -0.15) is 0 Å². The molecule has 1 aliphatic heterocycles. The second-order valence-electron chi connectivity index (χ2n) is 8.35. The molecule has 2 aromatic carbocycles. The second kappa shape index (κ2) is 9.31. The van der Waals surface area contributed by atoms with E-state index in [-0.39, 0.29) is 18.4 Å². The molecule has 0 spiro atoms. The fourth-order valence-corrected chi connectivity index (χ4v) is 4.99. The van der Waals surface area contributed by atoms with E-state index >= 15 is 0 Å². The Morgan fingerprint density at radius 1 is 1.11 bits per heavy atom. The first-order chi connectivity index (χ1) is 16.9. The van der Waals surface area contributed by atoms with Gasteiger partial charge in [-0.05, 0) is 62.7 Å². The van der Waals surface area contributed by atoms with Crippen molar-refractivity contribution < 1.29 is 14.3 Å². The molecule has 1 aliphatic rings. The van der Waals surface area contributed by atoms with Gasteiger partial charge in [-0.15, -0.1) is 11.3 Å². The molecule has 0 fully saturated rings. The summed E-state index contributed by atoms with van der Waals surface area (Å²) in [5.74, 6) is 0.0150. The Bertz CT molecular complexity index is 1420. The van der Waals surface area contributed by atoms with Gasteiger partial charge in [0.15, 0.2) is 6.61 Å². The number of aromatic nitrogens is 2. The molecule has 35 heavy (non-hydrogen) atoms. The van der Waals surface area contributed by atoms with Crippen molar-refractivity contribution in [1.82, 2.24) is 9.97 Å². The van der Waals surface area contributed by atoms with E-state index < -0.39 is 6.04 Å². The van der Waals surface area contributed by atoms with Crippen LogP contribution in [0.15, 0.2) is 66.9 Å². The maximum atomic E-state index is 13.1. The lowest BCUT2D eigenvalue weighted by molar-refractivity contribution is -0.125. The zero-order chi connectivity index (χ0) is 24.5. The van der Waals surface area contributed by atoms with Crippen LogP contribution >= 0.6 is 11.3 Å². The highest BCUT2D eigenvalue weighted by Crippen LogP contribution is 2.39. The van der Waals surface area contributed by atoms with E-state index in [2.05, 4.69) is 10.3 Å². The van der Waals surface area contributed by atoms with Gasteiger partial charge in [0.1, 0.15) is 16.8 Å². The number of rotatable bonds is 5. The molecule has 5 rings (SSSR count). The van der Waals surface area contributed by atoms with Crippen molar-refractivity contribution in [1.29, 1.82) is 0 Å². The van der Waals surface area contributed by atoms with Crippen molar-refractivity contribution in [3.8, 4) is 27.7 Å². The summed E-state index contributed by atoms with van der Waals surface area (Å²) < 4.78 is 5.68. The van der Waals surface area contributed by atoms with Gasteiger partial charge >= 0.3 is 0 Å². The second-order valence-corrected chi connectivity index (χ2v) is 9.56. The van der Waals surface area contributed by atoms with E-state index in [0.717, 1.165) is 38.1 Å². The van der Waals surface area contributed by atoms with Crippen LogP contribution in [-0.4, -0.2) is 34.4 Å². The van der Waals surface area contributed by atoms with Gasteiger partial charge in [-0.25, -0.2) is 4.98 Å². The van der Waals surface area contributed by atoms with Crippen LogP contribution in [0.1, 0.15) is 17.4 Å². The number of benzene rings is 2. The topological polar surface area (TPSA) is 84.4 Å². The fraction of sp³-hybridized carbons (Fsp3) is 0.185. The zero-order valence-corrected chi connectivity index (χ0v) is 20.4. The van der Waals surface area contributed by atoms with Gasteiger partial charge in [0.2, 0.25) is 5.91 Å². The van der Waals surface area contributed by atoms with Crippen LogP contribution in [0, 0.1) is 13.8 Å². The number of pyridine rings is 1. The molecule has 3 heterocycles. The van der Waals surface area contributed by atoms with E-state index in [1.807, 2.05) is 74.5 Å². The highest BCUT2D eigenvalue weighted by molar-refractivity contribution is 7.15. The number of hydrogen-bond donors (Lipinski definition) is 1. The van der Waals surface area contributed by atoms with E-state index in [0.29, 0.717) is 11.4 Å². The lowest BCUT2D eigenvalue weighted by atomic mass is 10.1. The average molecular weight is 485 g/mol. The number of nitrogens with zero attached hydrogens (tertiary/aromatic N) is 3. The van der Waals surface area contributed by atoms with Crippen molar-refractivity contribution in [3.63, 3.8) is 0 Å².